The highest BCUT2D eigenvalue weighted by Gasteiger charge is 2.13. The first kappa shape index (κ1) is 17.0. The molecule has 1 amide bonds. The summed E-state index contributed by atoms with van der Waals surface area (Å²) in [4.78, 5) is 12.1. The number of para-hydroxylation sites is 2. The molecule has 2 rings (SSSR count). The summed E-state index contributed by atoms with van der Waals surface area (Å²) >= 11 is 0. The van der Waals surface area contributed by atoms with Crippen LogP contribution in [0.5, 0.6) is 5.75 Å². The van der Waals surface area contributed by atoms with Crippen LogP contribution in [0, 0.1) is 0 Å². The molecule has 0 aromatic heterocycles. The van der Waals surface area contributed by atoms with Crippen molar-refractivity contribution >= 4 is 11.6 Å². The molecule has 0 fully saturated rings. The first-order valence-corrected chi connectivity index (χ1v) is 7.56. The number of carbonyl (C=O) groups is 1. The minimum Gasteiger partial charge on any atom is -0.495 e. The first-order valence-electron chi connectivity index (χ1n) is 7.56. The summed E-state index contributed by atoms with van der Waals surface area (Å²) in [6.07, 6.45) is 0.548. The van der Waals surface area contributed by atoms with E-state index in [0.717, 1.165) is 5.56 Å². The quantitative estimate of drug-likeness (QED) is 0.699. The fraction of sp³-hybridized carbons (Fsp3) is 0.278. The lowest BCUT2D eigenvalue weighted by Gasteiger charge is -2.18. The molecule has 23 heavy (non-hydrogen) atoms. The SMILES string of the molecule is COc1ccccc1NC(=O)CNC(CCO)c1ccccc1. The van der Waals surface area contributed by atoms with Gasteiger partial charge >= 0.3 is 0 Å². The van der Waals surface area contributed by atoms with Crippen LogP contribution in [0.15, 0.2) is 54.6 Å². The van der Waals surface area contributed by atoms with Crippen molar-refractivity contribution in [3.8, 4) is 5.75 Å². The number of hydrogen-bond donors (Lipinski definition) is 3. The second-order valence-corrected chi connectivity index (χ2v) is 5.10. The molecule has 0 saturated carbocycles. The van der Waals surface area contributed by atoms with Crippen LogP contribution in [-0.2, 0) is 4.79 Å². The average Bonchev–Trinajstić information content (AvgIpc) is 2.60. The van der Waals surface area contributed by atoms with E-state index in [1.54, 1.807) is 19.2 Å². The Bertz CT molecular complexity index is 617. The average molecular weight is 314 g/mol. The van der Waals surface area contributed by atoms with E-state index in [4.69, 9.17) is 4.74 Å². The molecule has 0 spiro atoms. The predicted molar refractivity (Wildman–Crippen MR) is 90.5 cm³/mol. The molecule has 2 aromatic rings. The Morgan fingerprint density at radius 1 is 1.13 bits per heavy atom. The number of rotatable bonds is 8. The largest absolute Gasteiger partial charge is 0.495 e. The molecule has 0 bridgehead atoms. The number of aliphatic hydroxyl groups excluding tert-OH is 1. The highest BCUT2D eigenvalue weighted by molar-refractivity contribution is 5.93. The Morgan fingerprint density at radius 3 is 2.52 bits per heavy atom. The molecule has 3 N–H and O–H groups in total. The van der Waals surface area contributed by atoms with Gasteiger partial charge in [-0.15, -0.1) is 0 Å². The number of carbonyl (C=O) groups excluding carboxylic acids is 1. The maximum atomic E-state index is 12.1. The number of hydrogen-bond acceptors (Lipinski definition) is 4. The minimum atomic E-state index is -0.159. The summed E-state index contributed by atoms with van der Waals surface area (Å²) in [5.41, 5.74) is 1.69. The van der Waals surface area contributed by atoms with E-state index < -0.39 is 0 Å². The van der Waals surface area contributed by atoms with E-state index in [1.165, 1.54) is 0 Å². The number of anilines is 1. The van der Waals surface area contributed by atoms with Crippen LogP contribution in [0.25, 0.3) is 0 Å². The number of benzene rings is 2. The second-order valence-electron chi connectivity index (χ2n) is 5.10. The van der Waals surface area contributed by atoms with Crippen molar-refractivity contribution in [1.29, 1.82) is 0 Å². The second kappa shape index (κ2) is 8.92. The molecule has 0 aliphatic rings. The Balaban J connectivity index is 1.94. The summed E-state index contributed by atoms with van der Waals surface area (Å²) in [6.45, 7) is 0.207. The summed E-state index contributed by atoms with van der Waals surface area (Å²) in [5, 5.41) is 15.2. The number of nitrogens with one attached hydrogen (secondary N) is 2. The van der Waals surface area contributed by atoms with E-state index in [2.05, 4.69) is 10.6 Å². The van der Waals surface area contributed by atoms with Crippen molar-refractivity contribution in [3.05, 3.63) is 60.2 Å². The Morgan fingerprint density at radius 2 is 1.83 bits per heavy atom. The van der Waals surface area contributed by atoms with E-state index in [-0.39, 0.29) is 25.1 Å². The molecule has 5 heteroatoms. The minimum absolute atomic E-state index is 0.0562. The number of aliphatic hydroxyl groups is 1. The molecule has 0 saturated heterocycles. The van der Waals surface area contributed by atoms with Crippen molar-refractivity contribution in [2.75, 3.05) is 25.6 Å². The van der Waals surface area contributed by atoms with Crippen LogP contribution in [0.3, 0.4) is 0 Å². The molecule has 2 aromatic carbocycles. The Labute approximate surface area is 136 Å². The van der Waals surface area contributed by atoms with Crippen LogP contribution in [-0.4, -0.2) is 31.3 Å². The van der Waals surface area contributed by atoms with E-state index in [1.807, 2.05) is 42.5 Å². The summed E-state index contributed by atoms with van der Waals surface area (Å²) in [7, 11) is 1.57. The van der Waals surface area contributed by atoms with Gasteiger partial charge in [-0.05, 0) is 24.1 Å². The zero-order valence-electron chi connectivity index (χ0n) is 13.2. The lowest BCUT2D eigenvalue weighted by Crippen LogP contribution is -2.31. The summed E-state index contributed by atoms with van der Waals surface area (Å²) in [6, 6.07) is 17.0. The van der Waals surface area contributed by atoms with Crippen LogP contribution < -0.4 is 15.4 Å². The van der Waals surface area contributed by atoms with Gasteiger partial charge in [-0.1, -0.05) is 42.5 Å². The van der Waals surface area contributed by atoms with Gasteiger partial charge in [0.05, 0.1) is 19.3 Å². The fourth-order valence-electron chi connectivity index (χ4n) is 2.36. The third-order valence-electron chi connectivity index (χ3n) is 3.51. The molecule has 1 atom stereocenters. The molecule has 0 aliphatic heterocycles. The van der Waals surface area contributed by atoms with Crippen LogP contribution >= 0.6 is 0 Å². The Kier molecular flexibility index (Phi) is 6.59. The third kappa shape index (κ3) is 5.09. The maximum absolute atomic E-state index is 12.1. The standard InChI is InChI=1S/C18H22N2O3/c1-23-17-10-6-5-9-16(17)20-18(22)13-19-15(11-12-21)14-7-3-2-4-8-14/h2-10,15,19,21H,11-13H2,1H3,(H,20,22). The zero-order chi connectivity index (χ0) is 16.5. The van der Waals surface area contributed by atoms with Crippen LogP contribution in [0.1, 0.15) is 18.0 Å². The highest BCUT2D eigenvalue weighted by atomic mass is 16.5. The normalized spacial score (nSPS) is 11.7. The van der Waals surface area contributed by atoms with Gasteiger partial charge in [0, 0.05) is 12.6 Å². The lowest BCUT2D eigenvalue weighted by atomic mass is 10.0. The molecule has 1 unspecified atom stereocenters. The van der Waals surface area contributed by atoms with Gasteiger partial charge in [0.25, 0.3) is 0 Å². The highest BCUT2D eigenvalue weighted by Crippen LogP contribution is 2.23. The number of methoxy groups -OCH3 is 1. The van der Waals surface area contributed by atoms with E-state index in [0.29, 0.717) is 17.9 Å². The van der Waals surface area contributed by atoms with Gasteiger partial charge in [0.1, 0.15) is 5.75 Å². The molecule has 0 radical (unpaired) electrons. The molecular formula is C18H22N2O3. The van der Waals surface area contributed by atoms with Crippen LogP contribution in [0.4, 0.5) is 5.69 Å². The number of ether oxygens (including phenoxy) is 1. The van der Waals surface area contributed by atoms with Crippen molar-refractivity contribution in [2.24, 2.45) is 0 Å². The van der Waals surface area contributed by atoms with E-state index in [9.17, 15) is 9.90 Å². The maximum Gasteiger partial charge on any atom is 0.238 e. The molecule has 5 nitrogen and oxygen atoms in total. The molecule has 0 aliphatic carbocycles. The van der Waals surface area contributed by atoms with Gasteiger partial charge in [-0.3, -0.25) is 4.79 Å². The molecule has 122 valence electrons. The smallest absolute Gasteiger partial charge is 0.238 e. The fourth-order valence-corrected chi connectivity index (χ4v) is 2.36. The predicted octanol–water partition coefficient (Wildman–Crippen LogP) is 2.35. The van der Waals surface area contributed by atoms with Crippen molar-refractivity contribution < 1.29 is 14.6 Å². The van der Waals surface area contributed by atoms with E-state index >= 15 is 0 Å². The van der Waals surface area contributed by atoms with Crippen molar-refractivity contribution in [1.82, 2.24) is 5.32 Å². The van der Waals surface area contributed by atoms with Gasteiger partial charge in [0.2, 0.25) is 5.91 Å². The number of amides is 1. The molecular weight excluding hydrogens is 292 g/mol. The van der Waals surface area contributed by atoms with Gasteiger partial charge < -0.3 is 20.5 Å². The monoisotopic (exact) mass is 314 g/mol. The molecule has 0 heterocycles. The first-order chi connectivity index (χ1) is 11.2. The topological polar surface area (TPSA) is 70.6 Å². The summed E-state index contributed by atoms with van der Waals surface area (Å²) in [5.74, 6) is 0.462. The van der Waals surface area contributed by atoms with Gasteiger partial charge in [-0.25, -0.2) is 0 Å². The van der Waals surface area contributed by atoms with Crippen molar-refractivity contribution in [3.63, 3.8) is 0 Å². The third-order valence-corrected chi connectivity index (χ3v) is 3.51. The van der Waals surface area contributed by atoms with Gasteiger partial charge in [0.15, 0.2) is 0 Å². The lowest BCUT2D eigenvalue weighted by molar-refractivity contribution is -0.115. The zero-order valence-corrected chi connectivity index (χ0v) is 13.2. The summed E-state index contributed by atoms with van der Waals surface area (Å²) < 4.78 is 5.21. The van der Waals surface area contributed by atoms with Crippen LogP contribution in [0.2, 0.25) is 0 Å². The van der Waals surface area contributed by atoms with Crippen molar-refractivity contribution in [2.45, 2.75) is 12.5 Å². The Hall–Kier alpha value is -2.37. The van der Waals surface area contributed by atoms with Gasteiger partial charge in [-0.2, -0.15) is 0 Å².